The second-order valence-corrected chi connectivity index (χ2v) is 4.81. The zero-order valence-electron chi connectivity index (χ0n) is 9.57. The molecule has 1 saturated carbocycles. The van der Waals surface area contributed by atoms with Crippen LogP contribution in [0.25, 0.3) is 10.9 Å². The number of fused-ring (bicyclic) bond motifs is 1. The first-order chi connectivity index (χ1) is 8.24. The van der Waals surface area contributed by atoms with Crippen molar-refractivity contribution >= 4 is 16.9 Å². The van der Waals surface area contributed by atoms with Crippen molar-refractivity contribution in [2.24, 2.45) is 0 Å². The molecule has 2 N–H and O–H groups in total. The Balaban J connectivity index is 2.03. The lowest BCUT2D eigenvalue weighted by atomic mass is 10.0. The fraction of sp³-hybridized carbons (Fsp3) is 0.357. The van der Waals surface area contributed by atoms with Crippen molar-refractivity contribution in [2.45, 2.75) is 31.6 Å². The summed E-state index contributed by atoms with van der Waals surface area (Å²) in [5.41, 5.74) is 2.55. The molecule has 0 unspecified atom stereocenters. The van der Waals surface area contributed by atoms with Crippen LogP contribution in [0.2, 0.25) is 0 Å². The lowest BCUT2D eigenvalue weighted by molar-refractivity contribution is 0.0697. The summed E-state index contributed by atoms with van der Waals surface area (Å²) in [5.74, 6) is -0.236. The molecular formula is C14H15NO2. The number of carboxylic acids is 1. The Morgan fingerprint density at radius 1 is 1.24 bits per heavy atom. The van der Waals surface area contributed by atoms with Gasteiger partial charge >= 0.3 is 5.97 Å². The average Bonchev–Trinajstić information content (AvgIpc) is 2.96. The molecule has 0 saturated heterocycles. The van der Waals surface area contributed by atoms with Crippen molar-refractivity contribution in [1.29, 1.82) is 0 Å². The van der Waals surface area contributed by atoms with Gasteiger partial charge in [-0.2, -0.15) is 0 Å². The van der Waals surface area contributed by atoms with Crippen molar-refractivity contribution in [3.8, 4) is 0 Å². The maximum absolute atomic E-state index is 10.9. The van der Waals surface area contributed by atoms with Gasteiger partial charge in [0.15, 0.2) is 0 Å². The van der Waals surface area contributed by atoms with Crippen molar-refractivity contribution in [1.82, 2.24) is 4.98 Å². The maximum atomic E-state index is 10.9. The van der Waals surface area contributed by atoms with E-state index in [1.54, 1.807) is 12.1 Å². The average molecular weight is 229 g/mol. The monoisotopic (exact) mass is 229 g/mol. The van der Waals surface area contributed by atoms with E-state index in [9.17, 15) is 4.79 Å². The second kappa shape index (κ2) is 3.91. The van der Waals surface area contributed by atoms with Crippen molar-refractivity contribution in [3.05, 3.63) is 35.5 Å². The first-order valence-corrected chi connectivity index (χ1v) is 6.10. The molecule has 0 radical (unpaired) electrons. The number of rotatable bonds is 2. The molecule has 88 valence electrons. The molecule has 3 heteroatoms. The zero-order chi connectivity index (χ0) is 11.8. The lowest BCUT2D eigenvalue weighted by Crippen LogP contribution is -1.95. The van der Waals surface area contributed by atoms with E-state index in [0.717, 1.165) is 10.9 Å². The molecule has 1 aromatic carbocycles. The highest BCUT2D eigenvalue weighted by atomic mass is 16.4. The number of benzene rings is 1. The van der Waals surface area contributed by atoms with Crippen LogP contribution in [0.5, 0.6) is 0 Å². The fourth-order valence-electron chi connectivity index (χ4n) is 2.74. The fourth-order valence-corrected chi connectivity index (χ4v) is 2.74. The summed E-state index contributed by atoms with van der Waals surface area (Å²) in [5, 5.41) is 10.1. The SMILES string of the molecule is O=C(O)c1ccc2cc(C3CCCC3)[nH]c2c1. The van der Waals surface area contributed by atoms with Crippen LogP contribution in [-0.2, 0) is 0 Å². The normalized spacial score (nSPS) is 16.7. The van der Waals surface area contributed by atoms with Crippen molar-refractivity contribution in [2.75, 3.05) is 0 Å². The second-order valence-electron chi connectivity index (χ2n) is 4.81. The van der Waals surface area contributed by atoms with Gasteiger partial charge in [-0.3, -0.25) is 0 Å². The zero-order valence-corrected chi connectivity index (χ0v) is 9.57. The van der Waals surface area contributed by atoms with Crippen LogP contribution in [-0.4, -0.2) is 16.1 Å². The Morgan fingerprint density at radius 3 is 2.71 bits per heavy atom. The number of hydrogen-bond acceptors (Lipinski definition) is 1. The molecule has 17 heavy (non-hydrogen) atoms. The highest BCUT2D eigenvalue weighted by Gasteiger charge is 2.19. The van der Waals surface area contributed by atoms with E-state index in [-0.39, 0.29) is 0 Å². The molecule has 0 aliphatic heterocycles. The highest BCUT2D eigenvalue weighted by Crippen LogP contribution is 2.35. The van der Waals surface area contributed by atoms with E-state index in [0.29, 0.717) is 11.5 Å². The van der Waals surface area contributed by atoms with Crippen LogP contribution in [0, 0.1) is 0 Å². The van der Waals surface area contributed by atoms with Gasteiger partial charge < -0.3 is 10.1 Å². The van der Waals surface area contributed by atoms with Crippen LogP contribution in [0.3, 0.4) is 0 Å². The van der Waals surface area contributed by atoms with Gasteiger partial charge in [-0.15, -0.1) is 0 Å². The summed E-state index contributed by atoms with van der Waals surface area (Å²) in [6.07, 6.45) is 5.11. The minimum Gasteiger partial charge on any atom is -0.478 e. The quantitative estimate of drug-likeness (QED) is 0.827. The number of H-pyrrole nitrogens is 1. The maximum Gasteiger partial charge on any atom is 0.335 e. The molecule has 3 rings (SSSR count). The molecule has 1 heterocycles. The number of hydrogen-bond donors (Lipinski definition) is 2. The Morgan fingerprint density at radius 2 is 2.00 bits per heavy atom. The van der Waals surface area contributed by atoms with Crippen molar-refractivity contribution < 1.29 is 9.90 Å². The van der Waals surface area contributed by atoms with E-state index in [1.165, 1.54) is 31.4 Å². The van der Waals surface area contributed by atoms with E-state index in [4.69, 9.17) is 5.11 Å². The third kappa shape index (κ3) is 1.82. The van der Waals surface area contributed by atoms with E-state index < -0.39 is 5.97 Å². The third-order valence-corrected chi connectivity index (χ3v) is 3.69. The summed E-state index contributed by atoms with van der Waals surface area (Å²) in [6, 6.07) is 7.43. The molecule has 1 aromatic heterocycles. The van der Waals surface area contributed by atoms with Crippen molar-refractivity contribution in [3.63, 3.8) is 0 Å². The van der Waals surface area contributed by atoms with Crippen LogP contribution in [0.4, 0.5) is 0 Å². The summed E-state index contributed by atoms with van der Waals surface area (Å²) >= 11 is 0. The van der Waals surface area contributed by atoms with Crippen LogP contribution in [0.1, 0.15) is 47.7 Å². The highest BCUT2D eigenvalue weighted by molar-refractivity contribution is 5.93. The Kier molecular flexibility index (Phi) is 2.39. The predicted molar refractivity (Wildman–Crippen MR) is 66.5 cm³/mol. The summed E-state index contributed by atoms with van der Waals surface area (Å²) in [7, 11) is 0. The topological polar surface area (TPSA) is 53.1 Å². The van der Waals surface area contributed by atoms with Gasteiger partial charge in [-0.25, -0.2) is 4.79 Å². The van der Waals surface area contributed by atoms with Gasteiger partial charge in [0.05, 0.1) is 5.56 Å². The van der Waals surface area contributed by atoms with Gasteiger partial charge in [-0.1, -0.05) is 18.9 Å². The number of aromatic amines is 1. The van der Waals surface area contributed by atoms with Crippen LogP contribution in [0.15, 0.2) is 24.3 Å². The van der Waals surface area contributed by atoms with Gasteiger partial charge in [0.2, 0.25) is 0 Å². The number of carboxylic acid groups (broad SMARTS) is 1. The third-order valence-electron chi connectivity index (χ3n) is 3.69. The lowest BCUT2D eigenvalue weighted by Gasteiger charge is -2.04. The van der Waals surface area contributed by atoms with Crippen LogP contribution >= 0.6 is 0 Å². The minimum atomic E-state index is -0.871. The molecule has 1 aliphatic carbocycles. The Bertz CT molecular complexity index is 565. The molecular weight excluding hydrogens is 214 g/mol. The Hall–Kier alpha value is -1.77. The Labute approximate surface area is 99.5 Å². The predicted octanol–water partition coefficient (Wildman–Crippen LogP) is 3.52. The molecule has 0 bridgehead atoms. The number of carbonyl (C=O) groups is 1. The summed E-state index contributed by atoms with van der Waals surface area (Å²) < 4.78 is 0. The standard InChI is InChI=1S/C14H15NO2/c16-14(17)11-6-5-10-7-12(15-13(10)8-11)9-3-1-2-4-9/h5-9,15H,1-4H2,(H,16,17). The largest absolute Gasteiger partial charge is 0.478 e. The van der Waals surface area contributed by atoms with Gasteiger partial charge in [0.25, 0.3) is 0 Å². The molecule has 2 aromatic rings. The van der Waals surface area contributed by atoms with Gasteiger partial charge in [-0.05, 0) is 42.3 Å². The number of aromatic carboxylic acids is 1. The smallest absolute Gasteiger partial charge is 0.335 e. The summed E-state index contributed by atoms with van der Waals surface area (Å²) in [4.78, 5) is 14.3. The van der Waals surface area contributed by atoms with Gasteiger partial charge in [0, 0.05) is 11.2 Å². The number of nitrogens with one attached hydrogen (secondary N) is 1. The number of aromatic nitrogens is 1. The first-order valence-electron chi connectivity index (χ1n) is 6.10. The molecule has 1 aliphatic rings. The van der Waals surface area contributed by atoms with E-state index in [2.05, 4.69) is 11.1 Å². The minimum absolute atomic E-state index is 0.345. The molecule has 1 fully saturated rings. The van der Waals surface area contributed by atoms with Gasteiger partial charge in [0.1, 0.15) is 0 Å². The first kappa shape index (κ1) is 10.4. The van der Waals surface area contributed by atoms with E-state index in [1.807, 2.05) is 6.07 Å². The van der Waals surface area contributed by atoms with Crippen LogP contribution < -0.4 is 0 Å². The molecule has 0 spiro atoms. The van der Waals surface area contributed by atoms with E-state index >= 15 is 0 Å². The molecule has 0 atom stereocenters. The summed E-state index contributed by atoms with van der Waals surface area (Å²) in [6.45, 7) is 0. The molecule has 3 nitrogen and oxygen atoms in total. The molecule has 0 amide bonds.